The van der Waals surface area contributed by atoms with Gasteiger partial charge in [-0.3, -0.25) is 9.88 Å². The predicted molar refractivity (Wildman–Crippen MR) is 105 cm³/mol. The molecule has 4 rings (SSSR count). The quantitative estimate of drug-likeness (QED) is 0.815. The molecule has 6 nitrogen and oxygen atoms in total. The third-order valence-electron chi connectivity index (χ3n) is 6.16. The molecule has 1 saturated carbocycles. The van der Waals surface area contributed by atoms with E-state index in [9.17, 15) is 4.79 Å². The summed E-state index contributed by atoms with van der Waals surface area (Å²) >= 11 is 0. The van der Waals surface area contributed by atoms with Crippen molar-refractivity contribution >= 4 is 6.03 Å². The maximum absolute atomic E-state index is 12.8. The Labute approximate surface area is 162 Å². The molecule has 0 spiro atoms. The van der Waals surface area contributed by atoms with E-state index >= 15 is 0 Å². The molecule has 27 heavy (non-hydrogen) atoms. The summed E-state index contributed by atoms with van der Waals surface area (Å²) in [4.78, 5) is 23.7. The van der Waals surface area contributed by atoms with E-state index in [-0.39, 0.29) is 12.1 Å². The summed E-state index contributed by atoms with van der Waals surface area (Å²) in [6.07, 6.45) is 7.03. The van der Waals surface area contributed by atoms with Crippen molar-refractivity contribution in [3.05, 3.63) is 24.0 Å². The molecular formula is C21H32N4O2. The van der Waals surface area contributed by atoms with E-state index < -0.39 is 0 Å². The fourth-order valence-corrected chi connectivity index (χ4v) is 4.12. The lowest BCUT2D eigenvalue weighted by Crippen LogP contribution is -2.60. The molecule has 3 heterocycles. The maximum atomic E-state index is 12.8. The van der Waals surface area contributed by atoms with Crippen LogP contribution in [0.1, 0.15) is 51.1 Å². The molecule has 0 bridgehead atoms. The molecule has 2 saturated heterocycles. The van der Waals surface area contributed by atoms with Crippen molar-refractivity contribution in [2.75, 3.05) is 39.3 Å². The summed E-state index contributed by atoms with van der Waals surface area (Å²) < 4.78 is 6.04. The Bertz CT molecular complexity index is 655. The molecule has 0 N–H and O–H groups in total. The average molecular weight is 373 g/mol. The van der Waals surface area contributed by atoms with Gasteiger partial charge in [-0.15, -0.1) is 0 Å². The summed E-state index contributed by atoms with van der Waals surface area (Å²) in [5, 5.41) is 0. The van der Waals surface area contributed by atoms with E-state index in [1.807, 2.05) is 21.9 Å². The molecule has 6 heteroatoms. The Kier molecular flexibility index (Phi) is 5.53. The lowest BCUT2D eigenvalue weighted by atomic mass is 9.91. The molecule has 0 aromatic carbocycles. The summed E-state index contributed by atoms with van der Waals surface area (Å²) in [6.45, 7) is 9.53. The van der Waals surface area contributed by atoms with Crippen molar-refractivity contribution in [1.29, 1.82) is 0 Å². The second kappa shape index (κ2) is 8.05. The first-order chi connectivity index (χ1) is 13.1. The number of likely N-dealkylation sites (tertiary alicyclic amines) is 1. The van der Waals surface area contributed by atoms with Crippen LogP contribution in [0.2, 0.25) is 0 Å². The normalized spacial score (nSPS) is 22.3. The van der Waals surface area contributed by atoms with Crippen molar-refractivity contribution in [3.8, 4) is 5.75 Å². The molecule has 1 aromatic heterocycles. The van der Waals surface area contributed by atoms with Gasteiger partial charge in [0.2, 0.25) is 0 Å². The Morgan fingerprint density at radius 2 is 1.93 bits per heavy atom. The Balaban J connectivity index is 1.24. The topological polar surface area (TPSA) is 48.9 Å². The smallest absolute Gasteiger partial charge is 0.320 e. The number of nitrogens with zero attached hydrogens (tertiary/aromatic N) is 4. The zero-order valence-electron chi connectivity index (χ0n) is 16.6. The van der Waals surface area contributed by atoms with Gasteiger partial charge in [0.25, 0.3) is 0 Å². The molecule has 2 amide bonds. The largest absolute Gasteiger partial charge is 0.487 e. The first-order valence-corrected chi connectivity index (χ1v) is 10.5. The van der Waals surface area contributed by atoms with Gasteiger partial charge in [0.1, 0.15) is 11.9 Å². The summed E-state index contributed by atoms with van der Waals surface area (Å²) in [7, 11) is 0. The lowest BCUT2D eigenvalue weighted by Gasteiger charge is -2.41. The first-order valence-electron chi connectivity index (χ1n) is 10.5. The molecule has 2 aliphatic heterocycles. The number of carbonyl (C=O) groups excluding carboxylic acids is 1. The number of hydrogen-bond donors (Lipinski definition) is 0. The van der Waals surface area contributed by atoms with E-state index in [0.29, 0.717) is 19.0 Å². The van der Waals surface area contributed by atoms with Gasteiger partial charge in [0.05, 0.1) is 13.1 Å². The van der Waals surface area contributed by atoms with Gasteiger partial charge in [-0.05, 0) is 31.2 Å². The molecule has 3 fully saturated rings. The number of ether oxygens (including phenoxy) is 1. The van der Waals surface area contributed by atoms with Gasteiger partial charge in [0.15, 0.2) is 0 Å². The second-order valence-electron chi connectivity index (χ2n) is 8.46. The van der Waals surface area contributed by atoms with E-state index in [1.165, 1.54) is 19.3 Å². The molecule has 148 valence electrons. The van der Waals surface area contributed by atoms with Crippen LogP contribution in [0, 0.1) is 0 Å². The van der Waals surface area contributed by atoms with Gasteiger partial charge in [-0.2, -0.15) is 0 Å². The lowest BCUT2D eigenvalue weighted by molar-refractivity contribution is 0.0307. The van der Waals surface area contributed by atoms with E-state index in [0.717, 1.165) is 50.1 Å². The van der Waals surface area contributed by atoms with Gasteiger partial charge in [0, 0.05) is 50.2 Å². The van der Waals surface area contributed by atoms with Crippen LogP contribution in [0.4, 0.5) is 4.79 Å². The van der Waals surface area contributed by atoms with Crippen LogP contribution < -0.4 is 4.74 Å². The van der Waals surface area contributed by atoms with Gasteiger partial charge in [-0.1, -0.05) is 20.3 Å². The average Bonchev–Trinajstić information content (AvgIpc) is 2.82. The van der Waals surface area contributed by atoms with Gasteiger partial charge < -0.3 is 14.5 Å². The summed E-state index contributed by atoms with van der Waals surface area (Å²) in [5.41, 5.74) is 1.04. The highest BCUT2D eigenvalue weighted by atomic mass is 16.5. The number of hydrogen-bond acceptors (Lipinski definition) is 4. The number of rotatable bonds is 4. The molecule has 1 aromatic rings. The van der Waals surface area contributed by atoms with Gasteiger partial charge >= 0.3 is 6.03 Å². The van der Waals surface area contributed by atoms with Crippen LogP contribution in [0.15, 0.2) is 18.3 Å². The van der Waals surface area contributed by atoms with Crippen molar-refractivity contribution in [2.45, 2.75) is 57.6 Å². The third kappa shape index (κ3) is 4.21. The van der Waals surface area contributed by atoms with Crippen LogP contribution in [-0.4, -0.2) is 77.1 Å². The Morgan fingerprint density at radius 3 is 2.63 bits per heavy atom. The maximum Gasteiger partial charge on any atom is 0.320 e. The zero-order chi connectivity index (χ0) is 18.8. The van der Waals surface area contributed by atoms with Gasteiger partial charge in [-0.25, -0.2) is 4.79 Å². The molecule has 3 aliphatic rings. The Hall–Kier alpha value is -1.82. The van der Waals surface area contributed by atoms with Crippen molar-refractivity contribution < 1.29 is 9.53 Å². The van der Waals surface area contributed by atoms with Crippen molar-refractivity contribution in [3.63, 3.8) is 0 Å². The standard InChI is InChI=1S/C21H32N4O2/c1-16(2)20-13-18(7-8-22-20)27-19-14-25(15-19)21(26)24-10-4-9-23(11-12-24)17-5-3-6-17/h7-8,13,16-17,19H,3-6,9-12,14-15H2,1-2H3. The predicted octanol–water partition coefficient (Wildman–Crippen LogP) is 2.95. The number of urea groups is 1. The highest BCUT2D eigenvalue weighted by Gasteiger charge is 2.36. The minimum absolute atomic E-state index is 0.0924. The minimum Gasteiger partial charge on any atom is -0.487 e. The fraction of sp³-hybridized carbons (Fsp3) is 0.714. The molecule has 1 aliphatic carbocycles. The fourth-order valence-electron chi connectivity index (χ4n) is 4.12. The van der Waals surface area contributed by atoms with E-state index in [2.05, 4.69) is 23.7 Å². The number of aromatic nitrogens is 1. The molecule has 0 unspecified atom stereocenters. The van der Waals surface area contributed by atoms with Crippen molar-refractivity contribution in [1.82, 2.24) is 19.7 Å². The third-order valence-corrected chi connectivity index (χ3v) is 6.16. The second-order valence-corrected chi connectivity index (χ2v) is 8.46. The minimum atomic E-state index is 0.0924. The molecular weight excluding hydrogens is 340 g/mol. The van der Waals surface area contributed by atoms with Crippen LogP contribution in [0.25, 0.3) is 0 Å². The van der Waals surface area contributed by atoms with Crippen LogP contribution >= 0.6 is 0 Å². The van der Waals surface area contributed by atoms with E-state index in [4.69, 9.17) is 4.74 Å². The monoisotopic (exact) mass is 372 g/mol. The SMILES string of the molecule is CC(C)c1cc(OC2CN(C(=O)N3CCCN(C4CCC4)CC3)C2)ccn1. The number of amides is 2. The highest BCUT2D eigenvalue weighted by Crippen LogP contribution is 2.26. The Morgan fingerprint density at radius 1 is 1.11 bits per heavy atom. The van der Waals surface area contributed by atoms with E-state index in [1.54, 1.807) is 6.20 Å². The summed E-state index contributed by atoms with van der Waals surface area (Å²) in [5.74, 6) is 1.24. The number of carbonyl (C=O) groups is 1. The first kappa shape index (κ1) is 18.5. The highest BCUT2D eigenvalue weighted by molar-refractivity contribution is 5.75. The molecule has 0 atom stereocenters. The zero-order valence-corrected chi connectivity index (χ0v) is 16.6. The van der Waals surface area contributed by atoms with Crippen LogP contribution in [0.5, 0.6) is 5.75 Å². The molecule has 0 radical (unpaired) electrons. The van der Waals surface area contributed by atoms with Crippen LogP contribution in [-0.2, 0) is 0 Å². The number of pyridine rings is 1. The summed E-state index contributed by atoms with van der Waals surface area (Å²) in [6, 6.07) is 4.87. The van der Waals surface area contributed by atoms with Crippen LogP contribution in [0.3, 0.4) is 0 Å². The van der Waals surface area contributed by atoms with Crippen molar-refractivity contribution in [2.24, 2.45) is 0 Å².